The molecule has 2 bridgehead atoms. The highest BCUT2D eigenvalue weighted by Gasteiger charge is 2.78. The van der Waals surface area contributed by atoms with Crippen LogP contribution in [0.2, 0.25) is 0 Å². The fraction of sp³-hybridized carbons (Fsp3) is 0.429. The van der Waals surface area contributed by atoms with Gasteiger partial charge >= 0.3 is 23.9 Å². The molecule has 3 aromatic rings. The van der Waals surface area contributed by atoms with Crippen molar-refractivity contribution in [1.29, 1.82) is 0 Å². The summed E-state index contributed by atoms with van der Waals surface area (Å²) in [5.41, 5.74) is -6.58. The van der Waals surface area contributed by atoms with E-state index in [0.717, 1.165) is 19.4 Å². The Morgan fingerprint density at radius 3 is 2.05 bits per heavy atom. The Morgan fingerprint density at radius 2 is 1.47 bits per heavy atom. The van der Waals surface area contributed by atoms with E-state index in [-0.39, 0.29) is 29.7 Å². The molecule has 15 nitrogen and oxygen atoms in total. The Labute approximate surface area is 370 Å². The minimum absolute atomic E-state index is 0.00569. The number of ketones is 1. The summed E-state index contributed by atoms with van der Waals surface area (Å²) >= 11 is 0. The number of esters is 4. The fourth-order valence-corrected chi connectivity index (χ4v) is 10.3. The summed E-state index contributed by atoms with van der Waals surface area (Å²) < 4.78 is 30.3. The van der Waals surface area contributed by atoms with Gasteiger partial charge in [-0.15, -0.1) is 0 Å². The molecule has 7 rings (SSSR count). The van der Waals surface area contributed by atoms with Crippen molar-refractivity contribution in [2.24, 2.45) is 16.7 Å². The van der Waals surface area contributed by atoms with E-state index in [1.165, 1.54) is 32.1 Å². The molecular weight excluding hydrogens is 827 g/mol. The lowest BCUT2D eigenvalue weighted by Crippen LogP contribution is -2.82. The van der Waals surface area contributed by atoms with Gasteiger partial charge in [0.15, 0.2) is 23.6 Å². The average molecular weight is 880 g/mol. The van der Waals surface area contributed by atoms with Gasteiger partial charge in [-0.2, -0.15) is 0 Å². The molecule has 4 aliphatic rings. The number of fused-ring (bicyclic) bond motifs is 5. The number of ether oxygens (including phenoxy) is 5. The van der Waals surface area contributed by atoms with Crippen LogP contribution in [0.5, 0.6) is 0 Å². The van der Waals surface area contributed by atoms with Crippen molar-refractivity contribution in [3.8, 4) is 0 Å². The molecule has 2 saturated carbocycles. The number of benzene rings is 3. The lowest BCUT2D eigenvalue weighted by Gasteiger charge is -2.67. The molecule has 64 heavy (non-hydrogen) atoms. The van der Waals surface area contributed by atoms with Crippen LogP contribution in [0.15, 0.2) is 108 Å². The van der Waals surface area contributed by atoms with E-state index < -0.39 is 113 Å². The molecule has 338 valence electrons. The maximum atomic E-state index is 15.5. The van der Waals surface area contributed by atoms with Crippen LogP contribution in [0.4, 0.5) is 0 Å². The zero-order valence-corrected chi connectivity index (χ0v) is 36.4. The second-order valence-electron chi connectivity index (χ2n) is 17.8. The smallest absolute Gasteiger partial charge is 0.338 e. The lowest BCUT2D eigenvalue weighted by molar-refractivity contribution is -0.346. The zero-order chi connectivity index (χ0) is 46.4. The van der Waals surface area contributed by atoms with E-state index in [1.54, 1.807) is 92.7 Å². The fourth-order valence-electron chi connectivity index (χ4n) is 10.3. The number of aliphatic hydroxyl groups is 3. The summed E-state index contributed by atoms with van der Waals surface area (Å²) in [6.45, 7) is 7.97. The summed E-state index contributed by atoms with van der Waals surface area (Å²) in [6, 6.07) is 23.7. The van der Waals surface area contributed by atoms with Crippen molar-refractivity contribution in [2.45, 2.75) is 108 Å². The maximum absolute atomic E-state index is 15.5. The van der Waals surface area contributed by atoms with E-state index in [9.17, 15) is 39.3 Å². The van der Waals surface area contributed by atoms with Crippen molar-refractivity contribution in [2.75, 3.05) is 6.61 Å². The second-order valence-corrected chi connectivity index (χ2v) is 17.8. The number of hydrogen-bond donors (Lipinski definition) is 4. The van der Waals surface area contributed by atoms with Gasteiger partial charge in [-0.3, -0.25) is 19.2 Å². The van der Waals surface area contributed by atoms with Crippen LogP contribution in [-0.4, -0.2) is 105 Å². The van der Waals surface area contributed by atoms with Gasteiger partial charge in [0, 0.05) is 38.2 Å². The molecular formula is C49H53NO14. The zero-order valence-electron chi connectivity index (χ0n) is 36.4. The van der Waals surface area contributed by atoms with Crippen molar-refractivity contribution in [3.05, 3.63) is 125 Å². The first-order valence-corrected chi connectivity index (χ1v) is 21.1. The largest absolute Gasteiger partial charge is 0.456 e. The molecule has 0 spiro atoms. The predicted molar refractivity (Wildman–Crippen MR) is 227 cm³/mol. The number of aliphatic hydroxyl groups excluding tert-OH is 2. The Bertz CT molecular complexity index is 2370. The summed E-state index contributed by atoms with van der Waals surface area (Å²) in [6.07, 6.45) is -7.73. The van der Waals surface area contributed by atoms with Crippen LogP contribution in [0.1, 0.15) is 81.9 Å². The molecule has 15 heteroatoms. The van der Waals surface area contributed by atoms with Crippen molar-refractivity contribution >= 4 is 41.6 Å². The Kier molecular flexibility index (Phi) is 12.6. The maximum Gasteiger partial charge on any atom is 0.338 e. The molecule has 3 aliphatic carbocycles. The van der Waals surface area contributed by atoms with Gasteiger partial charge in [-0.05, 0) is 54.3 Å². The van der Waals surface area contributed by atoms with Crippen LogP contribution >= 0.6 is 0 Å². The van der Waals surface area contributed by atoms with Gasteiger partial charge in [0.25, 0.3) is 0 Å². The quantitative estimate of drug-likeness (QED) is 0.0921. The molecule has 11 atom stereocenters. The number of rotatable bonds is 11. The monoisotopic (exact) mass is 879 g/mol. The van der Waals surface area contributed by atoms with Gasteiger partial charge in [-0.1, -0.05) is 92.7 Å². The van der Waals surface area contributed by atoms with Crippen molar-refractivity contribution < 1.29 is 67.8 Å². The predicted octanol–water partition coefficient (Wildman–Crippen LogP) is 4.14. The summed E-state index contributed by atoms with van der Waals surface area (Å²) in [4.78, 5) is 83.4. The first-order valence-electron chi connectivity index (χ1n) is 21.1. The van der Waals surface area contributed by atoms with E-state index in [2.05, 4.69) is 5.32 Å². The average Bonchev–Trinajstić information content (AvgIpc) is 3.26. The first kappa shape index (κ1) is 46.0. The standard InChI is InChI=1S/C49H53NO14/c1-27-33(62-45(58)39(55)38(31-18-12-8-13-19-31)50-36(54)23-22-30-16-10-7-11-17-30)25-49(59)43(63-44(57)32-20-14-9-15-21-32)41-47(6,34(53)24-35-48(41,26-60-35)64-29(3)52)42(56)40(61-28(2)51)37(27)46(49,4)5/h7-23,33-35,38-41,43,53,55,59H,24-26H2,1-6H3,(H,50,54)/b23-22+/t33-,34-,35+,38?,39+,40+,41-,43-,47+,48-,49+/m0/s1. The highest BCUT2D eigenvalue weighted by molar-refractivity contribution is 5.96. The van der Waals surface area contributed by atoms with E-state index >= 15 is 4.79 Å². The summed E-state index contributed by atoms with van der Waals surface area (Å²) in [5, 5.41) is 40.2. The van der Waals surface area contributed by atoms with E-state index in [4.69, 9.17) is 23.7 Å². The van der Waals surface area contributed by atoms with Crippen molar-refractivity contribution in [3.63, 3.8) is 0 Å². The molecule has 1 saturated heterocycles. The van der Waals surface area contributed by atoms with Gasteiger partial charge in [0.2, 0.25) is 5.91 Å². The Morgan fingerprint density at radius 1 is 0.859 bits per heavy atom. The first-order chi connectivity index (χ1) is 30.3. The Balaban J connectivity index is 1.36. The number of Topliss-reactive ketones (excluding diaryl/α,β-unsaturated/α-hetero) is 1. The molecule has 3 aromatic carbocycles. The van der Waals surface area contributed by atoms with Crippen molar-refractivity contribution in [1.82, 2.24) is 5.32 Å². The molecule has 1 aliphatic heterocycles. The molecule has 1 amide bonds. The third-order valence-electron chi connectivity index (χ3n) is 13.7. The van der Waals surface area contributed by atoms with Crippen LogP contribution in [0.25, 0.3) is 6.08 Å². The summed E-state index contributed by atoms with van der Waals surface area (Å²) in [5.74, 6) is -6.90. The number of carbonyl (C=O) groups is 6. The Hall–Kier alpha value is -6.00. The van der Waals surface area contributed by atoms with Crippen LogP contribution < -0.4 is 5.32 Å². The van der Waals surface area contributed by atoms with E-state index in [1.807, 2.05) is 6.07 Å². The van der Waals surface area contributed by atoms with Crippen LogP contribution in [-0.2, 0) is 47.7 Å². The second kappa shape index (κ2) is 17.5. The van der Waals surface area contributed by atoms with Gasteiger partial charge in [0.1, 0.15) is 23.9 Å². The lowest BCUT2D eigenvalue weighted by atomic mass is 9.44. The SMILES string of the molecule is CC(=O)O[C@H]1C(=O)[C@@]2(C)[C@H]([C@H](OC(=O)c3ccccc3)[C@]3(O)C[C@H](OC(=O)[C@H](O)C(NC(=O)/C=C/c4ccccc4)c4ccccc4)C(C)=C1C3(C)C)[C@]1(OC(C)=O)CO[C@@H]1C[C@@H]2O. The molecule has 1 heterocycles. The minimum atomic E-state index is -2.40. The topological polar surface area (TPSA) is 221 Å². The normalized spacial score (nSPS) is 31.4. The number of hydrogen-bond acceptors (Lipinski definition) is 14. The third-order valence-corrected chi connectivity index (χ3v) is 13.7. The summed E-state index contributed by atoms with van der Waals surface area (Å²) in [7, 11) is 0. The molecule has 3 fully saturated rings. The molecule has 1 unspecified atom stereocenters. The molecule has 0 aromatic heterocycles. The third kappa shape index (κ3) is 7.95. The highest BCUT2D eigenvalue weighted by atomic mass is 16.6. The highest BCUT2D eigenvalue weighted by Crippen LogP contribution is 2.64. The number of carbonyl (C=O) groups excluding carboxylic acids is 6. The van der Waals surface area contributed by atoms with Crippen LogP contribution in [0, 0.1) is 16.7 Å². The molecule has 4 N–H and O–H groups in total. The van der Waals surface area contributed by atoms with Gasteiger partial charge in [-0.25, -0.2) is 9.59 Å². The minimum Gasteiger partial charge on any atom is -0.456 e. The number of amides is 1. The number of nitrogens with one attached hydrogen (secondary N) is 1. The van der Waals surface area contributed by atoms with Gasteiger partial charge in [0.05, 0.1) is 35.6 Å². The van der Waals surface area contributed by atoms with Crippen LogP contribution in [0.3, 0.4) is 0 Å². The van der Waals surface area contributed by atoms with E-state index in [0.29, 0.717) is 5.56 Å². The van der Waals surface area contributed by atoms with Gasteiger partial charge < -0.3 is 44.3 Å². The molecule has 0 radical (unpaired) electrons.